The van der Waals surface area contributed by atoms with Crippen molar-refractivity contribution >= 4 is 42.2 Å². The summed E-state index contributed by atoms with van der Waals surface area (Å²) >= 11 is -0.528. The molecule has 44 heavy (non-hydrogen) atoms. The number of amides is 1. The van der Waals surface area contributed by atoms with Gasteiger partial charge in [-0.05, 0) is 70.7 Å². The highest BCUT2D eigenvalue weighted by Gasteiger charge is 2.45. The van der Waals surface area contributed by atoms with E-state index in [1.165, 1.54) is 17.7 Å². The molecule has 2 fully saturated rings. The molecule has 2 atom stereocenters. The predicted octanol–water partition coefficient (Wildman–Crippen LogP) is 8.12. The summed E-state index contributed by atoms with van der Waals surface area (Å²) < 4.78 is 54.9. The van der Waals surface area contributed by atoms with E-state index in [2.05, 4.69) is 10.1 Å². The molecule has 232 valence electrons. The molecule has 2 unspecified atom stereocenters. The lowest BCUT2D eigenvalue weighted by Gasteiger charge is -2.39. The summed E-state index contributed by atoms with van der Waals surface area (Å²) in [5.41, 5.74) is 2.93. The van der Waals surface area contributed by atoms with Crippen molar-refractivity contribution in [3.8, 4) is 28.1 Å². The van der Waals surface area contributed by atoms with Crippen molar-refractivity contribution in [1.82, 2.24) is 24.5 Å². The van der Waals surface area contributed by atoms with Gasteiger partial charge < -0.3 is 14.4 Å². The van der Waals surface area contributed by atoms with E-state index in [1.54, 1.807) is 36.7 Å². The van der Waals surface area contributed by atoms with Crippen molar-refractivity contribution in [2.45, 2.75) is 70.1 Å². The molecular weight excluding hydrogens is 613 g/mol. The van der Waals surface area contributed by atoms with E-state index in [-0.39, 0.29) is 60.3 Å². The molecule has 3 aromatic heterocycles. The van der Waals surface area contributed by atoms with Gasteiger partial charge in [-0.1, -0.05) is 6.07 Å². The Hall–Kier alpha value is -3.65. The van der Waals surface area contributed by atoms with Crippen molar-refractivity contribution in [3.63, 3.8) is 0 Å². The Labute approximate surface area is 262 Å². The number of halogens is 3. The summed E-state index contributed by atoms with van der Waals surface area (Å²) in [5, 5.41) is 4.41. The maximum absolute atomic E-state index is 14.3. The SMILES string of the molecule is COc1ccc(-c2ccc(-c3cnn4c(N(SF)SF)cc(C5CC6CCC(C5)N6C(=O)OC(C)(C)C)nc34)cn2)cc1F. The fraction of sp³-hybridized carbons (Fsp3) is 0.400. The van der Waals surface area contributed by atoms with Crippen LogP contribution in [0.2, 0.25) is 0 Å². The number of fused-ring (bicyclic) bond motifs is 3. The Balaban J connectivity index is 1.34. The van der Waals surface area contributed by atoms with Crippen LogP contribution in [0, 0.1) is 5.82 Å². The largest absolute Gasteiger partial charge is 0.494 e. The molecule has 5 heterocycles. The molecule has 14 heteroatoms. The minimum atomic E-state index is -0.595. The zero-order valence-corrected chi connectivity index (χ0v) is 26.2. The van der Waals surface area contributed by atoms with Gasteiger partial charge in [0.1, 0.15) is 5.60 Å². The third-order valence-corrected chi connectivity index (χ3v) is 9.03. The van der Waals surface area contributed by atoms with Gasteiger partial charge in [-0.25, -0.2) is 14.2 Å². The number of rotatable bonds is 7. The molecule has 1 amide bonds. The molecule has 2 aliphatic heterocycles. The Kier molecular flexibility index (Phi) is 8.31. The summed E-state index contributed by atoms with van der Waals surface area (Å²) in [5.74, 6) is -0.213. The third kappa shape index (κ3) is 5.76. The number of benzene rings is 1. The number of pyridine rings is 1. The van der Waals surface area contributed by atoms with Gasteiger partial charge in [-0.3, -0.25) is 4.98 Å². The molecule has 1 aromatic carbocycles. The Morgan fingerprint density at radius 1 is 1.02 bits per heavy atom. The minimum Gasteiger partial charge on any atom is -0.494 e. The van der Waals surface area contributed by atoms with Crippen molar-refractivity contribution in [3.05, 3.63) is 60.3 Å². The normalized spacial score (nSPS) is 19.8. The number of hydrogen-bond acceptors (Lipinski definition) is 9. The Bertz CT molecular complexity index is 1670. The van der Waals surface area contributed by atoms with Crippen LogP contribution in [0.15, 0.2) is 48.8 Å². The summed E-state index contributed by atoms with van der Waals surface area (Å²) in [6.07, 6.45) is 5.93. The first kappa shape index (κ1) is 30.4. The van der Waals surface area contributed by atoms with Crippen molar-refractivity contribution < 1.29 is 26.4 Å². The van der Waals surface area contributed by atoms with Crippen LogP contribution in [-0.4, -0.2) is 55.4 Å². The second kappa shape index (κ2) is 12.0. The van der Waals surface area contributed by atoms with Crippen molar-refractivity contribution in [2.75, 3.05) is 10.8 Å². The maximum atomic E-state index is 14.3. The van der Waals surface area contributed by atoms with Crippen LogP contribution in [0.5, 0.6) is 5.75 Å². The van der Waals surface area contributed by atoms with Gasteiger partial charge in [0, 0.05) is 52.6 Å². The smallest absolute Gasteiger partial charge is 0.410 e. The Morgan fingerprint density at radius 2 is 1.73 bits per heavy atom. The van der Waals surface area contributed by atoms with Gasteiger partial charge in [-0.15, -0.1) is 7.77 Å². The lowest BCUT2D eigenvalue weighted by molar-refractivity contribution is 0.00570. The third-order valence-electron chi connectivity index (χ3n) is 8.06. The van der Waals surface area contributed by atoms with Crippen molar-refractivity contribution in [1.29, 1.82) is 0 Å². The molecule has 0 spiro atoms. The van der Waals surface area contributed by atoms with E-state index in [0.29, 0.717) is 46.6 Å². The molecule has 2 saturated heterocycles. The number of anilines is 1. The number of methoxy groups -OCH3 is 1. The van der Waals surface area contributed by atoms with Crippen LogP contribution >= 0.6 is 24.7 Å². The fourth-order valence-electron chi connectivity index (χ4n) is 6.17. The molecule has 6 rings (SSSR count). The molecule has 0 aliphatic carbocycles. The number of carbonyl (C=O) groups is 1. The highest BCUT2D eigenvalue weighted by Crippen LogP contribution is 2.45. The Morgan fingerprint density at radius 3 is 2.32 bits per heavy atom. The lowest BCUT2D eigenvalue weighted by Crippen LogP contribution is -2.48. The van der Waals surface area contributed by atoms with E-state index in [9.17, 15) is 17.0 Å². The van der Waals surface area contributed by atoms with E-state index in [1.807, 2.05) is 31.7 Å². The first-order chi connectivity index (χ1) is 21.1. The molecule has 9 nitrogen and oxygen atoms in total. The average molecular weight is 645 g/mol. The number of nitrogens with zero attached hydrogens (tertiary/aromatic N) is 6. The van der Waals surface area contributed by atoms with Crippen LogP contribution in [0.4, 0.5) is 22.8 Å². The van der Waals surface area contributed by atoms with Crippen LogP contribution < -0.4 is 8.45 Å². The first-order valence-corrected chi connectivity index (χ1v) is 15.5. The average Bonchev–Trinajstić information content (AvgIpc) is 3.55. The summed E-state index contributed by atoms with van der Waals surface area (Å²) in [7, 11) is 1.40. The summed E-state index contributed by atoms with van der Waals surface area (Å²) in [4.78, 5) is 24.3. The molecule has 0 saturated carbocycles. The van der Waals surface area contributed by atoms with E-state index in [4.69, 9.17) is 14.5 Å². The number of piperidine rings is 1. The number of hydrogen-bond donors (Lipinski definition) is 0. The van der Waals surface area contributed by atoms with E-state index >= 15 is 0 Å². The highest BCUT2D eigenvalue weighted by molar-refractivity contribution is 8.13. The standard InChI is InChI=1S/C30H31F3N6O3S2/c1-30(2,3)42-29(40)37-20-7-8-21(37)12-19(11-20)25-14-27(39(43-32)44-33)38-28(36-25)22(16-35-38)18-5-9-24(34-15-18)17-6-10-26(41-4)23(31)13-17/h5-6,9-10,13-16,19-21H,7-8,11-12H2,1-4H3. The predicted molar refractivity (Wildman–Crippen MR) is 165 cm³/mol. The van der Waals surface area contributed by atoms with E-state index < -0.39 is 11.4 Å². The van der Waals surface area contributed by atoms with Gasteiger partial charge in [0.25, 0.3) is 0 Å². The number of aromatic nitrogens is 4. The van der Waals surface area contributed by atoms with Crippen molar-refractivity contribution in [2.24, 2.45) is 0 Å². The first-order valence-electron chi connectivity index (χ1n) is 14.2. The molecular formula is C30H31F3N6O3S2. The second-order valence-corrected chi connectivity index (χ2v) is 13.2. The van der Waals surface area contributed by atoms with E-state index in [0.717, 1.165) is 16.6 Å². The molecule has 2 bridgehead atoms. The fourth-order valence-corrected chi connectivity index (χ4v) is 6.66. The lowest BCUT2D eigenvalue weighted by atomic mass is 9.88. The van der Waals surface area contributed by atoms with Gasteiger partial charge in [0.15, 0.2) is 47.7 Å². The monoisotopic (exact) mass is 644 g/mol. The maximum Gasteiger partial charge on any atom is 0.410 e. The van der Waals surface area contributed by atoms with Gasteiger partial charge in [0.05, 0.1) is 19.0 Å². The molecule has 0 radical (unpaired) electrons. The molecule has 0 N–H and O–H groups in total. The quantitative estimate of drug-likeness (QED) is 0.185. The van der Waals surface area contributed by atoms with Crippen LogP contribution in [0.25, 0.3) is 28.0 Å². The summed E-state index contributed by atoms with van der Waals surface area (Å²) in [6.45, 7) is 5.55. The topological polar surface area (TPSA) is 85.1 Å². The molecule has 2 aliphatic rings. The summed E-state index contributed by atoms with van der Waals surface area (Å²) in [6, 6.07) is 9.84. The van der Waals surface area contributed by atoms with Crippen LogP contribution in [-0.2, 0) is 4.74 Å². The van der Waals surface area contributed by atoms with Crippen LogP contribution in [0.1, 0.15) is 58.1 Å². The van der Waals surface area contributed by atoms with Gasteiger partial charge in [0.2, 0.25) is 0 Å². The zero-order chi connectivity index (χ0) is 31.2. The number of carbonyl (C=O) groups excluding carboxylic acids is 1. The molecule has 4 aromatic rings. The van der Waals surface area contributed by atoms with Gasteiger partial charge >= 0.3 is 6.09 Å². The highest BCUT2D eigenvalue weighted by atomic mass is 32.3. The zero-order valence-electron chi connectivity index (χ0n) is 24.5. The van der Waals surface area contributed by atoms with Gasteiger partial charge in [-0.2, -0.15) is 13.3 Å². The van der Waals surface area contributed by atoms with Crippen LogP contribution in [0.3, 0.4) is 0 Å². The minimum absolute atomic E-state index is 0.0128. The second-order valence-electron chi connectivity index (χ2n) is 12.0. The number of ether oxygens (including phenoxy) is 2.